The molecular formula is C18H23NO. The SMILES string of the molecule is Cc1ccccc1CC(CN)(CO)c1ccccc1C. The molecule has 1 unspecified atom stereocenters. The second-order valence-electron chi connectivity index (χ2n) is 5.56. The Morgan fingerprint density at radius 3 is 2.10 bits per heavy atom. The van der Waals surface area contributed by atoms with Gasteiger partial charge in [0.1, 0.15) is 0 Å². The van der Waals surface area contributed by atoms with E-state index in [-0.39, 0.29) is 6.61 Å². The first kappa shape index (κ1) is 14.8. The molecular weight excluding hydrogens is 246 g/mol. The van der Waals surface area contributed by atoms with Gasteiger partial charge in [0.2, 0.25) is 0 Å². The molecule has 2 aromatic rings. The molecule has 0 aliphatic carbocycles. The zero-order chi connectivity index (χ0) is 14.6. The molecule has 2 heteroatoms. The Hall–Kier alpha value is -1.64. The molecule has 0 aliphatic heterocycles. The number of hydrogen-bond acceptors (Lipinski definition) is 2. The van der Waals surface area contributed by atoms with E-state index >= 15 is 0 Å². The first-order valence-electron chi connectivity index (χ1n) is 7.04. The third-order valence-corrected chi connectivity index (χ3v) is 4.20. The number of nitrogens with two attached hydrogens (primary N) is 1. The summed E-state index contributed by atoms with van der Waals surface area (Å²) < 4.78 is 0. The van der Waals surface area contributed by atoms with Crippen molar-refractivity contribution in [3.05, 3.63) is 70.8 Å². The third kappa shape index (κ3) is 2.77. The summed E-state index contributed by atoms with van der Waals surface area (Å²) in [6.07, 6.45) is 0.761. The molecule has 0 saturated carbocycles. The Bertz CT molecular complexity index is 573. The van der Waals surface area contributed by atoms with Crippen molar-refractivity contribution in [2.24, 2.45) is 5.73 Å². The summed E-state index contributed by atoms with van der Waals surface area (Å²) in [5.74, 6) is 0. The maximum atomic E-state index is 10.0. The minimum Gasteiger partial charge on any atom is -0.395 e. The van der Waals surface area contributed by atoms with Gasteiger partial charge in [-0.15, -0.1) is 0 Å². The van der Waals surface area contributed by atoms with Crippen LogP contribution in [0.2, 0.25) is 0 Å². The van der Waals surface area contributed by atoms with Gasteiger partial charge in [-0.2, -0.15) is 0 Å². The minimum atomic E-state index is -0.405. The molecule has 0 fully saturated rings. The van der Waals surface area contributed by atoms with Gasteiger partial charge in [-0.05, 0) is 42.5 Å². The molecule has 20 heavy (non-hydrogen) atoms. The van der Waals surface area contributed by atoms with E-state index in [0.717, 1.165) is 12.0 Å². The molecule has 106 valence electrons. The van der Waals surface area contributed by atoms with Crippen LogP contribution in [0.4, 0.5) is 0 Å². The maximum absolute atomic E-state index is 10.0. The van der Waals surface area contributed by atoms with Crippen molar-refractivity contribution in [3.63, 3.8) is 0 Å². The highest BCUT2D eigenvalue weighted by molar-refractivity contribution is 5.38. The second-order valence-corrected chi connectivity index (χ2v) is 5.56. The van der Waals surface area contributed by atoms with E-state index in [2.05, 4.69) is 38.1 Å². The van der Waals surface area contributed by atoms with Crippen molar-refractivity contribution in [3.8, 4) is 0 Å². The van der Waals surface area contributed by atoms with Crippen LogP contribution in [0.25, 0.3) is 0 Å². The summed E-state index contributed by atoms with van der Waals surface area (Å²) in [5, 5.41) is 10.0. The molecule has 0 spiro atoms. The topological polar surface area (TPSA) is 46.2 Å². The standard InChI is InChI=1S/C18H23NO/c1-14-7-3-5-9-16(14)11-18(12-19,13-20)17-10-6-4-8-15(17)2/h3-10,20H,11-13,19H2,1-2H3. The van der Waals surface area contributed by atoms with Crippen molar-refractivity contribution in [2.45, 2.75) is 25.7 Å². The first-order valence-corrected chi connectivity index (χ1v) is 7.04. The molecule has 2 aromatic carbocycles. The van der Waals surface area contributed by atoms with E-state index < -0.39 is 5.41 Å². The van der Waals surface area contributed by atoms with Crippen LogP contribution in [0.15, 0.2) is 48.5 Å². The normalized spacial score (nSPS) is 14.0. The molecule has 0 amide bonds. The molecule has 0 aliphatic rings. The number of aryl methyl sites for hydroxylation is 2. The number of aliphatic hydroxyl groups excluding tert-OH is 1. The molecule has 0 aromatic heterocycles. The predicted molar refractivity (Wildman–Crippen MR) is 83.9 cm³/mol. The van der Waals surface area contributed by atoms with Crippen molar-refractivity contribution in [1.29, 1.82) is 0 Å². The summed E-state index contributed by atoms with van der Waals surface area (Å²) in [6.45, 7) is 4.67. The van der Waals surface area contributed by atoms with Crippen molar-refractivity contribution in [2.75, 3.05) is 13.2 Å². The third-order valence-electron chi connectivity index (χ3n) is 4.20. The Kier molecular flexibility index (Phi) is 4.58. The molecule has 0 bridgehead atoms. The van der Waals surface area contributed by atoms with Gasteiger partial charge in [0.15, 0.2) is 0 Å². The van der Waals surface area contributed by atoms with Crippen molar-refractivity contribution < 1.29 is 5.11 Å². The molecule has 1 atom stereocenters. The maximum Gasteiger partial charge on any atom is 0.0543 e. The molecule has 0 saturated heterocycles. The average Bonchev–Trinajstić information content (AvgIpc) is 2.48. The van der Waals surface area contributed by atoms with Crippen LogP contribution in [-0.4, -0.2) is 18.3 Å². The van der Waals surface area contributed by atoms with E-state index in [0.29, 0.717) is 6.54 Å². The Morgan fingerprint density at radius 2 is 1.55 bits per heavy atom. The monoisotopic (exact) mass is 269 g/mol. The van der Waals surface area contributed by atoms with E-state index in [9.17, 15) is 5.11 Å². The van der Waals surface area contributed by atoms with Crippen LogP contribution >= 0.6 is 0 Å². The van der Waals surface area contributed by atoms with Gasteiger partial charge in [0.25, 0.3) is 0 Å². The van der Waals surface area contributed by atoms with Gasteiger partial charge in [-0.25, -0.2) is 0 Å². The van der Waals surface area contributed by atoms with Crippen molar-refractivity contribution >= 4 is 0 Å². The van der Waals surface area contributed by atoms with Gasteiger partial charge in [0.05, 0.1) is 6.61 Å². The van der Waals surface area contributed by atoms with Crippen molar-refractivity contribution in [1.82, 2.24) is 0 Å². The van der Waals surface area contributed by atoms with Crippen LogP contribution in [0.1, 0.15) is 22.3 Å². The molecule has 0 heterocycles. The molecule has 0 radical (unpaired) electrons. The summed E-state index contributed by atoms with van der Waals surface area (Å²) in [7, 11) is 0. The first-order chi connectivity index (χ1) is 9.63. The summed E-state index contributed by atoms with van der Waals surface area (Å²) in [5.41, 5.74) is 10.5. The number of hydrogen-bond donors (Lipinski definition) is 2. The Labute approximate surface area is 121 Å². The fourth-order valence-electron chi connectivity index (χ4n) is 2.82. The van der Waals surface area contributed by atoms with E-state index in [1.807, 2.05) is 24.3 Å². The fraction of sp³-hybridized carbons (Fsp3) is 0.333. The van der Waals surface area contributed by atoms with E-state index in [4.69, 9.17) is 5.73 Å². The van der Waals surface area contributed by atoms with Gasteiger partial charge >= 0.3 is 0 Å². The largest absolute Gasteiger partial charge is 0.395 e. The van der Waals surface area contributed by atoms with Crippen LogP contribution in [-0.2, 0) is 11.8 Å². The van der Waals surface area contributed by atoms with Gasteiger partial charge in [-0.3, -0.25) is 0 Å². The average molecular weight is 269 g/mol. The highest BCUT2D eigenvalue weighted by Crippen LogP contribution is 2.30. The summed E-state index contributed by atoms with van der Waals surface area (Å²) in [6, 6.07) is 16.5. The Morgan fingerprint density at radius 1 is 0.950 bits per heavy atom. The number of benzene rings is 2. The van der Waals surface area contributed by atoms with Crippen LogP contribution < -0.4 is 5.73 Å². The van der Waals surface area contributed by atoms with Crippen LogP contribution in [0.5, 0.6) is 0 Å². The lowest BCUT2D eigenvalue weighted by Gasteiger charge is -2.33. The lowest BCUT2D eigenvalue weighted by atomic mass is 9.74. The highest BCUT2D eigenvalue weighted by atomic mass is 16.3. The second kappa shape index (κ2) is 6.21. The molecule has 2 rings (SSSR count). The summed E-state index contributed by atoms with van der Waals surface area (Å²) >= 11 is 0. The highest BCUT2D eigenvalue weighted by Gasteiger charge is 2.32. The van der Waals surface area contributed by atoms with Gasteiger partial charge in [-0.1, -0.05) is 48.5 Å². The lowest BCUT2D eigenvalue weighted by molar-refractivity contribution is 0.195. The number of rotatable bonds is 5. The molecule has 3 N–H and O–H groups in total. The zero-order valence-corrected chi connectivity index (χ0v) is 12.3. The van der Waals surface area contributed by atoms with E-state index in [1.54, 1.807) is 0 Å². The van der Waals surface area contributed by atoms with E-state index in [1.165, 1.54) is 16.7 Å². The predicted octanol–water partition coefficient (Wildman–Crippen LogP) is 2.73. The van der Waals surface area contributed by atoms with Crippen LogP contribution in [0.3, 0.4) is 0 Å². The van der Waals surface area contributed by atoms with Gasteiger partial charge in [0, 0.05) is 12.0 Å². The lowest BCUT2D eigenvalue weighted by Crippen LogP contribution is -2.41. The zero-order valence-electron chi connectivity index (χ0n) is 12.3. The summed E-state index contributed by atoms with van der Waals surface area (Å²) in [4.78, 5) is 0. The molecule has 2 nitrogen and oxygen atoms in total. The quantitative estimate of drug-likeness (QED) is 0.876. The van der Waals surface area contributed by atoms with Gasteiger partial charge < -0.3 is 10.8 Å². The Balaban J connectivity index is 2.46. The smallest absolute Gasteiger partial charge is 0.0543 e. The minimum absolute atomic E-state index is 0.0582. The number of aliphatic hydroxyl groups is 1. The van der Waals surface area contributed by atoms with Crippen LogP contribution in [0, 0.1) is 13.8 Å². The fourth-order valence-corrected chi connectivity index (χ4v) is 2.82.